The predicted molar refractivity (Wildman–Crippen MR) is 101 cm³/mol. The second kappa shape index (κ2) is 8.94. The standard InChI is InChI=1S/C22H26O5/c1-25-20-13-16(10-11-22(24)26-2)19(15-6-5-7-17(23)12-15)14-21(20)27-18-8-3-4-9-18/h13-15,18H,3-9,12H2,1-2H3. The highest BCUT2D eigenvalue weighted by Gasteiger charge is 2.26. The number of carbonyl (C=O) groups is 2. The molecule has 0 heterocycles. The molecular weight excluding hydrogens is 344 g/mol. The molecule has 2 fully saturated rings. The van der Waals surface area contributed by atoms with Crippen LogP contribution in [0.5, 0.6) is 11.5 Å². The van der Waals surface area contributed by atoms with Crippen LogP contribution in [-0.4, -0.2) is 32.1 Å². The summed E-state index contributed by atoms with van der Waals surface area (Å²) in [7, 11) is 2.90. The van der Waals surface area contributed by atoms with Crippen LogP contribution in [-0.2, 0) is 14.3 Å². The average Bonchev–Trinajstić information content (AvgIpc) is 3.19. The van der Waals surface area contributed by atoms with Crippen LogP contribution < -0.4 is 9.47 Å². The van der Waals surface area contributed by atoms with E-state index in [1.807, 2.05) is 12.1 Å². The van der Waals surface area contributed by atoms with Crippen LogP contribution in [0.25, 0.3) is 0 Å². The fourth-order valence-corrected chi connectivity index (χ4v) is 3.92. The molecule has 5 heteroatoms. The third-order valence-corrected chi connectivity index (χ3v) is 5.34. The summed E-state index contributed by atoms with van der Waals surface area (Å²) in [6, 6.07) is 3.77. The molecule has 144 valence electrons. The number of rotatable bonds is 4. The van der Waals surface area contributed by atoms with Gasteiger partial charge in [-0.3, -0.25) is 4.79 Å². The minimum Gasteiger partial charge on any atom is -0.493 e. The molecule has 1 aromatic rings. The summed E-state index contributed by atoms with van der Waals surface area (Å²) < 4.78 is 16.3. The largest absolute Gasteiger partial charge is 0.493 e. The Morgan fingerprint density at radius 3 is 2.52 bits per heavy atom. The van der Waals surface area contributed by atoms with E-state index in [1.54, 1.807) is 7.11 Å². The lowest BCUT2D eigenvalue weighted by Crippen LogP contribution is -2.16. The third-order valence-electron chi connectivity index (χ3n) is 5.34. The molecule has 3 rings (SSSR count). The van der Waals surface area contributed by atoms with E-state index < -0.39 is 5.97 Å². The Morgan fingerprint density at radius 1 is 1.07 bits per heavy atom. The molecule has 1 unspecified atom stereocenters. The van der Waals surface area contributed by atoms with Crippen molar-refractivity contribution in [3.05, 3.63) is 23.3 Å². The van der Waals surface area contributed by atoms with Gasteiger partial charge in [0.15, 0.2) is 11.5 Å². The van der Waals surface area contributed by atoms with E-state index in [-0.39, 0.29) is 17.8 Å². The number of ketones is 1. The molecule has 1 aromatic carbocycles. The lowest BCUT2D eigenvalue weighted by Gasteiger charge is -2.24. The molecule has 2 aliphatic rings. The van der Waals surface area contributed by atoms with Crippen molar-refractivity contribution in [1.29, 1.82) is 0 Å². The Bertz CT molecular complexity index is 765. The molecule has 2 aliphatic carbocycles. The van der Waals surface area contributed by atoms with Crippen molar-refractivity contribution >= 4 is 11.8 Å². The fraction of sp³-hybridized carbons (Fsp3) is 0.545. The van der Waals surface area contributed by atoms with Gasteiger partial charge in [-0.05, 0) is 62.1 Å². The van der Waals surface area contributed by atoms with Gasteiger partial charge >= 0.3 is 5.97 Å². The van der Waals surface area contributed by atoms with Crippen LogP contribution in [0.3, 0.4) is 0 Å². The van der Waals surface area contributed by atoms with Crippen molar-refractivity contribution in [2.24, 2.45) is 0 Å². The van der Waals surface area contributed by atoms with Crippen LogP contribution in [0.1, 0.15) is 68.4 Å². The number of hydrogen-bond donors (Lipinski definition) is 0. The minimum atomic E-state index is -0.592. The SMILES string of the molecule is COC(=O)C#Cc1cc(OC)c(OC2CCCC2)cc1C1CCCC(=O)C1. The van der Waals surface area contributed by atoms with Crippen LogP contribution in [0.15, 0.2) is 12.1 Å². The van der Waals surface area contributed by atoms with Crippen molar-refractivity contribution < 1.29 is 23.8 Å². The second-order valence-electron chi connectivity index (χ2n) is 7.19. The van der Waals surface area contributed by atoms with Gasteiger partial charge in [-0.25, -0.2) is 4.79 Å². The van der Waals surface area contributed by atoms with E-state index in [0.717, 1.165) is 31.2 Å². The molecular formula is C22H26O5. The van der Waals surface area contributed by atoms with Gasteiger partial charge in [-0.2, -0.15) is 0 Å². The topological polar surface area (TPSA) is 61.8 Å². The van der Waals surface area contributed by atoms with Gasteiger partial charge in [0.25, 0.3) is 0 Å². The maximum atomic E-state index is 12.0. The molecule has 0 amide bonds. The Balaban J connectivity index is 1.99. The first kappa shape index (κ1) is 19.3. The van der Waals surface area contributed by atoms with Crippen molar-refractivity contribution in [1.82, 2.24) is 0 Å². The van der Waals surface area contributed by atoms with Crippen LogP contribution >= 0.6 is 0 Å². The van der Waals surface area contributed by atoms with Crippen molar-refractivity contribution in [3.8, 4) is 23.3 Å². The first-order valence-electron chi connectivity index (χ1n) is 9.61. The molecule has 0 radical (unpaired) electrons. The summed E-state index contributed by atoms with van der Waals surface area (Å²) >= 11 is 0. The zero-order chi connectivity index (χ0) is 19.2. The van der Waals surface area contributed by atoms with Gasteiger partial charge in [-0.1, -0.05) is 5.92 Å². The molecule has 0 spiro atoms. The Hall–Kier alpha value is -2.48. The van der Waals surface area contributed by atoms with E-state index in [0.29, 0.717) is 29.9 Å². The summed E-state index contributed by atoms with van der Waals surface area (Å²) in [5, 5.41) is 0. The van der Waals surface area contributed by atoms with Crippen LogP contribution in [0.4, 0.5) is 0 Å². The summed E-state index contributed by atoms with van der Waals surface area (Å²) in [6.07, 6.45) is 7.59. The molecule has 0 N–H and O–H groups in total. The molecule has 27 heavy (non-hydrogen) atoms. The zero-order valence-corrected chi connectivity index (χ0v) is 16.0. The zero-order valence-electron chi connectivity index (χ0n) is 16.0. The third kappa shape index (κ3) is 4.82. The highest BCUT2D eigenvalue weighted by atomic mass is 16.5. The Kier molecular flexibility index (Phi) is 6.39. The molecule has 5 nitrogen and oxygen atoms in total. The number of hydrogen-bond acceptors (Lipinski definition) is 5. The molecule has 0 saturated heterocycles. The molecule has 0 bridgehead atoms. The van der Waals surface area contributed by atoms with Crippen molar-refractivity contribution in [2.45, 2.75) is 63.4 Å². The van der Waals surface area contributed by atoms with Gasteiger partial charge in [0.05, 0.1) is 20.3 Å². The lowest BCUT2D eigenvalue weighted by molar-refractivity contribution is -0.133. The molecule has 2 saturated carbocycles. The van der Waals surface area contributed by atoms with Crippen molar-refractivity contribution in [3.63, 3.8) is 0 Å². The number of ether oxygens (including phenoxy) is 3. The van der Waals surface area contributed by atoms with E-state index in [4.69, 9.17) is 9.47 Å². The maximum Gasteiger partial charge on any atom is 0.384 e. The number of esters is 1. The predicted octanol–water partition coefficient (Wildman–Crippen LogP) is 3.77. The van der Waals surface area contributed by atoms with Gasteiger partial charge in [0.2, 0.25) is 0 Å². The number of methoxy groups -OCH3 is 2. The van der Waals surface area contributed by atoms with E-state index in [2.05, 4.69) is 16.6 Å². The second-order valence-corrected chi connectivity index (χ2v) is 7.19. The van der Waals surface area contributed by atoms with Crippen LogP contribution in [0, 0.1) is 11.8 Å². The average molecular weight is 370 g/mol. The van der Waals surface area contributed by atoms with Gasteiger partial charge < -0.3 is 14.2 Å². The number of carbonyl (C=O) groups excluding carboxylic acids is 2. The van der Waals surface area contributed by atoms with E-state index in [1.165, 1.54) is 20.0 Å². The highest BCUT2D eigenvalue weighted by molar-refractivity contribution is 5.89. The van der Waals surface area contributed by atoms with Gasteiger partial charge in [0, 0.05) is 24.3 Å². The summed E-state index contributed by atoms with van der Waals surface area (Å²) in [6.45, 7) is 0. The molecule has 0 aliphatic heterocycles. The van der Waals surface area contributed by atoms with Gasteiger partial charge in [-0.15, -0.1) is 0 Å². The van der Waals surface area contributed by atoms with E-state index in [9.17, 15) is 9.59 Å². The summed E-state index contributed by atoms with van der Waals surface area (Å²) in [4.78, 5) is 23.5. The minimum absolute atomic E-state index is 0.0880. The number of benzene rings is 1. The van der Waals surface area contributed by atoms with E-state index >= 15 is 0 Å². The molecule has 0 aromatic heterocycles. The first-order chi connectivity index (χ1) is 13.1. The first-order valence-corrected chi connectivity index (χ1v) is 9.61. The fourth-order valence-electron chi connectivity index (χ4n) is 3.92. The smallest absolute Gasteiger partial charge is 0.384 e. The highest BCUT2D eigenvalue weighted by Crippen LogP contribution is 2.40. The van der Waals surface area contributed by atoms with Gasteiger partial charge in [0.1, 0.15) is 5.78 Å². The lowest BCUT2D eigenvalue weighted by atomic mass is 9.81. The molecule has 1 atom stereocenters. The monoisotopic (exact) mass is 370 g/mol. The Morgan fingerprint density at radius 2 is 1.85 bits per heavy atom. The number of Topliss-reactive ketones (excluding diaryl/α,β-unsaturated/α-hetero) is 1. The maximum absolute atomic E-state index is 12.0. The Labute approximate surface area is 160 Å². The van der Waals surface area contributed by atoms with Crippen LogP contribution in [0.2, 0.25) is 0 Å². The quantitative estimate of drug-likeness (QED) is 0.596. The van der Waals surface area contributed by atoms with Crippen molar-refractivity contribution in [2.75, 3.05) is 14.2 Å². The normalized spacial score (nSPS) is 19.9. The summed E-state index contributed by atoms with van der Waals surface area (Å²) in [5.74, 6) is 6.45. The summed E-state index contributed by atoms with van der Waals surface area (Å²) in [5.41, 5.74) is 1.64.